The van der Waals surface area contributed by atoms with Gasteiger partial charge in [0, 0.05) is 42.5 Å². The SMILES string of the molecule is CC(=O)O.CC(=O)O.CC(=O)O.[Ti]. The van der Waals surface area contributed by atoms with Gasteiger partial charge in [-0.15, -0.1) is 0 Å². The molecule has 6 nitrogen and oxygen atoms in total. The molecule has 0 aliphatic heterocycles. The molecule has 0 spiro atoms. The van der Waals surface area contributed by atoms with Crippen LogP contribution in [0.5, 0.6) is 0 Å². The van der Waals surface area contributed by atoms with Gasteiger partial charge >= 0.3 is 0 Å². The van der Waals surface area contributed by atoms with Crippen LogP contribution in [0, 0.1) is 0 Å². The molecule has 0 aromatic carbocycles. The van der Waals surface area contributed by atoms with Crippen LogP contribution in [0.15, 0.2) is 0 Å². The molecule has 0 saturated carbocycles. The number of rotatable bonds is 0. The molecule has 76 valence electrons. The van der Waals surface area contributed by atoms with Crippen LogP contribution in [0.1, 0.15) is 20.8 Å². The zero-order chi connectivity index (χ0) is 10.7. The van der Waals surface area contributed by atoms with Gasteiger partial charge in [-0.2, -0.15) is 0 Å². The Kier molecular flexibility index (Phi) is 30.2. The molecule has 0 aliphatic carbocycles. The predicted molar refractivity (Wildman–Crippen MR) is 39.9 cm³/mol. The molecule has 0 unspecified atom stereocenters. The number of carboxylic acid groups (broad SMARTS) is 3. The molecule has 0 radical (unpaired) electrons. The van der Waals surface area contributed by atoms with E-state index in [0.717, 1.165) is 20.8 Å². The molecule has 0 bridgehead atoms. The molecule has 13 heavy (non-hydrogen) atoms. The second-order valence-corrected chi connectivity index (χ2v) is 1.56. The van der Waals surface area contributed by atoms with Gasteiger partial charge in [-0.25, -0.2) is 0 Å². The summed E-state index contributed by atoms with van der Waals surface area (Å²) in [4.78, 5) is 27.0. The van der Waals surface area contributed by atoms with Crippen molar-refractivity contribution in [3.8, 4) is 0 Å². The summed E-state index contributed by atoms with van der Waals surface area (Å²) < 4.78 is 0. The Morgan fingerprint density at radius 2 is 0.692 bits per heavy atom. The van der Waals surface area contributed by atoms with Crippen molar-refractivity contribution in [3.05, 3.63) is 0 Å². The van der Waals surface area contributed by atoms with Gasteiger partial charge in [-0.1, -0.05) is 0 Å². The fourth-order valence-corrected chi connectivity index (χ4v) is 0. The Balaban J connectivity index is -0.0000000450. The van der Waals surface area contributed by atoms with Gasteiger partial charge in [0.15, 0.2) is 0 Å². The molecule has 7 heteroatoms. The van der Waals surface area contributed by atoms with Crippen molar-refractivity contribution >= 4 is 17.9 Å². The molecular formula is C6H12O6Ti. The fourth-order valence-electron chi connectivity index (χ4n) is 0. The average Bonchev–Trinajstić information content (AvgIpc) is 1.54. The van der Waals surface area contributed by atoms with Crippen molar-refractivity contribution in [2.75, 3.05) is 0 Å². The van der Waals surface area contributed by atoms with Crippen LogP contribution in [0.3, 0.4) is 0 Å². The first kappa shape index (κ1) is 22.7. The van der Waals surface area contributed by atoms with Gasteiger partial charge in [0.2, 0.25) is 0 Å². The molecule has 0 heterocycles. The monoisotopic (exact) mass is 228 g/mol. The molecular weight excluding hydrogens is 216 g/mol. The molecule has 0 aromatic rings. The normalized spacial score (nSPS) is 5.77. The van der Waals surface area contributed by atoms with Crippen molar-refractivity contribution in [3.63, 3.8) is 0 Å². The summed E-state index contributed by atoms with van der Waals surface area (Å²) in [7, 11) is 0. The Morgan fingerprint density at radius 3 is 0.692 bits per heavy atom. The zero-order valence-corrected chi connectivity index (χ0v) is 9.13. The predicted octanol–water partition coefficient (Wildman–Crippen LogP) is 0.270. The summed E-state index contributed by atoms with van der Waals surface area (Å²) in [5.41, 5.74) is 0. The summed E-state index contributed by atoms with van der Waals surface area (Å²) in [6.07, 6.45) is 0. The van der Waals surface area contributed by atoms with Crippen LogP contribution < -0.4 is 0 Å². The van der Waals surface area contributed by atoms with Crippen LogP contribution in [0.4, 0.5) is 0 Å². The van der Waals surface area contributed by atoms with E-state index in [2.05, 4.69) is 0 Å². The minimum Gasteiger partial charge on any atom is -0.481 e. The van der Waals surface area contributed by atoms with Gasteiger partial charge in [-0.05, 0) is 0 Å². The summed E-state index contributed by atoms with van der Waals surface area (Å²) in [5, 5.41) is 22.2. The molecule has 0 aliphatic rings. The second-order valence-electron chi connectivity index (χ2n) is 1.56. The van der Waals surface area contributed by atoms with E-state index in [9.17, 15) is 0 Å². The van der Waals surface area contributed by atoms with E-state index < -0.39 is 17.9 Å². The standard InChI is InChI=1S/3C2H4O2.Ti/c3*1-2(3)4;/h3*1H3,(H,3,4);. The Bertz CT molecular complexity index is 115. The van der Waals surface area contributed by atoms with Gasteiger partial charge < -0.3 is 15.3 Å². The van der Waals surface area contributed by atoms with Crippen molar-refractivity contribution in [1.82, 2.24) is 0 Å². The van der Waals surface area contributed by atoms with Crippen molar-refractivity contribution in [2.45, 2.75) is 20.8 Å². The van der Waals surface area contributed by atoms with Crippen LogP contribution in [-0.4, -0.2) is 33.2 Å². The quantitative estimate of drug-likeness (QED) is 0.513. The topological polar surface area (TPSA) is 112 Å². The van der Waals surface area contributed by atoms with E-state index in [1.165, 1.54) is 0 Å². The van der Waals surface area contributed by atoms with E-state index in [-0.39, 0.29) is 21.7 Å². The van der Waals surface area contributed by atoms with Crippen LogP contribution in [-0.2, 0) is 36.1 Å². The third kappa shape index (κ3) is 1210. The third-order valence-electron chi connectivity index (χ3n) is 0. The number of carboxylic acids is 3. The summed E-state index contributed by atoms with van der Waals surface area (Å²) in [6.45, 7) is 3.25. The summed E-state index contributed by atoms with van der Waals surface area (Å²) in [6, 6.07) is 0. The Hall–Kier alpha value is -0.876. The molecule has 3 N–H and O–H groups in total. The number of hydrogen-bond acceptors (Lipinski definition) is 3. The summed E-state index contributed by atoms with van der Waals surface area (Å²) in [5.74, 6) is -2.50. The first-order valence-corrected chi connectivity index (χ1v) is 2.78. The van der Waals surface area contributed by atoms with E-state index in [0.29, 0.717) is 0 Å². The van der Waals surface area contributed by atoms with Gasteiger partial charge in [0.25, 0.3) is 17.9 Å². The van der Waals surface area contributed by atoms with Crippen molar-refractivity contribution in [2.24, 2.45) is 0 Å². The Labute approximate surface area is 90.4 Å². The Morgan fingerprint density at radius 1 is 0.692 bits per heavy atom. The third-order valence-corrected chi connectivity index (χ3v) is 0. The molecule has 0 rings (SSSR count). The van der Waals surface area contributed by atoms with E-state index >= 15 is 0 Å². The first-order valence-electron chi connectivity index (χ1n) is 2.78. The minimum absolute atomic E-state index is 0. The van der Waals surface area contributed by atoms with E-state index in [4.69, 9.17) is 29.7 Å². The molecule has 0 aromatic heterocycles. The minimum atomic E-state index is -0.833. The smallest absolute Gasteiger partial charge is 0.300 e. The van der Waals surface area contributed by atoms with Gasteiger partial charge in [-0.3, -0.25) is 14.4 Å². The van der Waals surface area contributed by atoms with E-state index in [1.54, 1.807) is 0 Å². The zero-order valence-electron chi connectivity index (χ0n) is 7.57. The second kappa shape index (κ2) is 17.3. The largest absolute Gasteiger partial charge is 0.481 e. The maximum atomic E-state index is 9.00. The maximum absolute atomic E-state index is 9.00. The van der Waals surface area contributed by atoms with Crippen LogP contribution in [0.25, 0.3) is 0 Å². The molecule has 0 fully saturated rings. The molecule has 0 amide bonds. The van der Waals surface area contributed by atoms with Gasteiger partial charge in [0.1, 0.15) is 0 Å². The average molecular weight is 228 g/mol. The number of carbonyl (C=O) groups is 3. The van der Waals surface area contributed by atoms with Crippen LogP contribution in [0.2, 0.25) is 0 Å². The van der Waals surface area contributed by atoms with Crippen molar-refractivity contribution < 1.29 is 51.4 Å². The first-order chi connectivity index (χ1) is 5.20. The number of hydrogen-bond donors (Lipinski definition) is 3. The van der Waals surface area contributed by atoms with E-state index in [1.807, 2.05) is 0 Å². The van der Waals surface area contributed by atoms with Crippen LogP contribution >= 0.6 is 0 Å². The number of aliphatic carboxylic acids is 3. The molecule has 0 atom stereocenters. The summed E-state index contributed by atoms with van der Waals surface area (Å²) >= 11 is 0. The maximum Gasteiger partial charge on any atom is 0.300 e. The molecule has 0 saturated heterocycles. The fraction of sp³-hybridized carbons (Fsp3) is 0.500. The van der Waals surface area contributed by atoms with Crippen molar-refractivity contribution in [1.29, 1.82) is 0 Å². The van der Waals surface area contributed by atoms with Gasteiger partial charge in [0.05, 0.1) is 0 Å².